The molecule has 0 saturated heterocycles. The van der Waals surface area contributed by atoms with Crippen LogP contribution in [0.4, 0.5) is 4.79 Å². The first-order chi connectivity index (χ1) is 11.4. The van der Waals surface area contributed by atoms with Gasteiger partial charge in [0.25, 0.3) is 0 Å². The van der Waals surface area contributed by atoms with Crippen molar-refractivity contribution in [1.82, 2.24) is 0 Å². The van der Waals surface area contributed by atoms with Crippen LogP contribution in [-0.4, -0.2) is 25.3 Å². The predicted octanol–water partition coefficient (Wildman–Crippen LogP) is 4.08. The molecule has 0 N–H and O–H groups in total. The van der Waals surface area contributed by atoms with Crippen LogP contribution >= 0.6 is 0 Å². The lowest BCUT2D eigenvalue weighted by Crippen LogP contribution is -2.15. The third kappa shape index (κ3) is 2.76. The SMILES string of the molecule is CCOC(=O)Oc1cc(C(=O)OCC)cc2c1[C@@H]1[C@H](CC2)C1(C)C. The minimum absolute atomic E-state index is 0.198. The molecule has 1 fully saturated rings. The molecule has 0 aliphatic heterocycles. The Labute approximate surface area is 142 Å². The van der Waals surface area contributed by atoms with Gasteiger partial charge in [0.15, 0.2) is 0 Å². The normalized spacial score (nSPS) is 22.8. The lowest BCUT2D eigenvalue weighted by molar-refractivity contribution is 0.0524. The van der Waals surface area contributed by atoms with Crippen LogP contribution in [0.3, 0.4) is 0 Å². The third-order valence-electron chi connectivity index (χ3n) is 5.28. The Kier molecular flexibility index (Phi) is 4.28. The smallest absolute Gasteiger partial charge is 0.462 e. The summed E-state index contributed by atoms with van der Waals surface area (Å²) in [6, 6.07) is 3.50. The Balaban J connectivity index is 2.01. The Morgan fingerprint density at radius 3 is 2.54 bits per heavy atom. The topological polar surface area (TPSA) is 61.8 Å². The number of fused-ring (bicyclic) bond motifs is 3. The van der Waals surface area contributed by atoms with E-state index in [4.69, 9.17) is 14.2 Å². The molecule has 0 amide bonds. The highest BCUT2D eigenvalue weighted by Crippen LogP contribution is 2.70. The third-order valence-corrected chi connectivity index (χ3v) is 5.28. The Morgan fingerprint density at radius 1 is 1.17 bits per heavy atom. The van der Waals surface area contributed by atoms with Gasteiger partial charge in [-0.05, 0) is 61.6 Å². The van der Waals surface area contributed by atoms with Gasteiger partial charge >= 0.3 is 12.1 Å². The Hall–Kier alpha value is -2.04. The zero-order valence-corrected chi connectivity index (χ0v) is 14.7. The van der Waals surface area contributed by atoms with Gasteiger partial charge in [-0.2, -0.15) is 0 Å². The van der Waals surface area contributed by atoms with Gasteiger partial charge in [-0.15, -0.1) is 0 Å². The molecule has 0 radical (unpaired) electrons. The maximum absolute atomic E-state index is 12.1. The van der Waals surface area contributed by atoms with Crippen molar-refractivity contribution in [2.24, 2.45) is 11.3 Å². The highest BCUT2D eigenvalue weighted by Gasteiger charge is 2.60. The zero-order chi connectivity index (χ0) is 17.5. The van der Waals surface area contributed by atoms with Crippen LogP contribution in [0.5, 0.6) is 5.75 Å². The first-order valence-corrected chi connectivity index (χ1v) is 8.58. The van der Waals surface area contributed by atoms with E-state index < -0.39 is 12.1 Å². The summed E-state index contributed by atoms with van der Waals surface area (Å²) in [4.78, 5) is 23.9. The number of esters is 1. The molecule has 130 valence electrons. The average Bonchev–Trinajstić information content (AvgIpc) is 3.09. The van der Waals surface area contributed by atoms with Crippen molar-refractivity contribution >= 4 is 12.1 Å². The van der Waals surface area contributed by atoms with Gasteiger partial charge in [0.2, 0.25) is 0 Å². The van der Waals surface area contributed by atoms with Crippen molar-refractivity contribution in [3.8, 4) is 5.75 Å². The molecule has 1 saturated carbocycles. The summed E-state index contributed by atoms with van der Waals surface area (Å²) in [5.41, 5.74) is 2.75. The molecule has 0 bridgehead atoms. The molecular weight excluding hydrogens is 308 g/mol. The molecular formula is C19H24O5. The highest BCUT2D eigenvalue weighted by atomic mass is 16.7. The van der Waals surface area contributed by atoms with E-state index in [-0.39, 0.29) is 12.0 Å². The summed E-state index contributed by atoms with van der Waals surface area (Å²) in [5, 5.41) is 0. The second-order valence-corrected chi connectivity index (χ2v) is 7.00. The van der Waals surface area contributed by atoms with Gasteiger partial charge in [-0.25, -0.2) is 9.59 Å². The second kappa shape index (κ2) is 6.11. The van der Waals surface area contributed by atoms with E-state index in [1.807, 2.05) is 6.07 Å². The first-order valence-electron chi connectivity index (χ1n) is 8.58. The van der Waals surface area contributed by atoms with E-state index in [0.29, 0.717) is 29.8 Å². The van der Waals surface area contributed by atoms with Gasteiger partial charge < -0.3 is 14.2 Å². The van der Waals surface area contributed by atoms with E-state index in [2.05, 4.69) is 13.8 Å². The summed E-state index contributed by atoms with van der Waals surface area (Å²) in [6.45, 7) is 8.53. The number of carbonyl (C=O) groups excluding carboxylic acids is 2. The van der Waals surface area contributed by atoms with Crippen molar-refractivity contribution in [1.29, 1.82) is 0 Å². The summed E-state index contributed by atoms with van der Waals surface area (Å²) in [5.74, 6) is 1.00. The summed E-state index contributed by atoms with van der Waals surface area (Å²) < 4.78 is 15.4. The molecule has 0 spiro atoms. The van der Waals surface area contributed by atoms with Crippen LogP contribution in [0.1, 0.15) is 61.5 Å². The summed E-state index contributed by atoms with van der Waals surface area (Å²) in [7, 11) is 0. The van der Waals surface area contributed by atoms with Gasteiger partial charge in [-0.1, -0.05) is 13.8 Å². The first kappa shape index (κ1) is 16.8. The van der Waals surface area contributed by atoms with Gasteiger partial charge in [0, 0.05) is 5.56 Å². The molecule has 24 heavy (non-hydrogen) atoms. The van der Waals surface area contributed by atoms with Crippen LogP contribution in [0, 0.1) is 11.3 Å². The molecule has 0 aromatic heterocycles. The quantitative estimate of drug-likeness (QED) is 0.614. The zero-order valence-electron chi connectivity index (χ0n) is 14.7. The molecule has 0 heterocycles. The maximum atomic E-state index is 12.1. The van der Waals surface area contributed by atoms with E-state index in [9.17, 15) is 9.59 Å². The number of hydrogen-bond acceptors (Lipinski definition) is 5. The number of ether oxygens (including phenoxy) is 3. The highest BCUT2D eigenvalue weighted by molar-refractivity contribution is 5.91. The second-order valence-electron chi connectivity index (χ2n) is 7.00. The van der Waals surface area contributed by atoms with Crippen molar-refractivity contribution in [2.75, 3.05) is 13.2 Å². The average molecular weight is 332 g/mol. The number of carbonyl (C=O) groups is 2. The predicted molar refractivity (Wildman–Crippen MR) is 88.4 cm³/mol. The molecule has 0 unspecified atom stereocenters. The van der Waals surface area contributed by atoms with E-state index >= 15 is 0 Å². The van der Waals surface area contributed by atoms with Crippen LogP contribution in [-0.2, 0) is 15.9 Å². The lowest BCUT2D eigenvalue weighted by Gasteiger charge is -2.20. The van der Waals surface area contributed by atoms with Crippen molar-refractivity contribution in [2.45, 2.75) is 46.5 Å². The molecule has 2 atom stereocenters. The number of benzene rings is 1. The molecule has 2 aliphatic rings. The van der Waals surface area contributed by atoms with Crippen LogP contribution in [0.2, 0.25) is 0 Å². The number of hydrogen-bond donors (Lipinski definition) is 0. The minimum atomic E-state index is -0.735. The Morgan fingerprint density at radius 2 is 1.88 bits per heavy atom. The van der Waals surface area contributed by atoms with Crippen molar-refractivity contribution in [3.63, 3.8) is 0 Å². The van der Waals surface area contributed by atoms with Crippen LogP contribution in [0.25, 0.3) is 0 Å². The van der Waals surface area contributed by atoms with Crippen molar-refractivity contribution < 1.29 is 23.8 Å². The molecule has 3 rings (SSSR count). The number of aryl methyl sites for hydroxylation is 1. The maximum Gasteiger partial charge on any atom is 0.513 e. The Bertz CT molecular complexity index is 677. The lowest BCUT2D eigenvalue weighted by atomic mass is 9.89. The van der Waals surface area contributed by atoms with E-state index in [0.717, 1.165) is 24.0 Å². The van der Waals surface area contributed by atoms with Gasteiger partial charge in [0.1, 0.15) is 5.75 Å². The fourth-order valence-electron chi connectivity index (χ4n) is 4.06. The van der Waals surface area contributed by atoms with Crippen LogP contribution in [0.15, 0.2) is 12.1 Å². The van der Waals surface area contributed by atoms with Gasteiger partial charge in [-0.3, -0.25) is 0 Å². The summed E-state index contributed by atoms with van der Waals surface area (Å²) >= 11 is 0. The monoisotopic (exact) mass is 332 g/mol. The molecule has 2 aliphatic carbocycles. The largest absolute Gasteiger partial charge is 0.513 e. The fraction of sp³-hybridized carbons (Fsp3) is 0.579. The van der Waals surface area contributed by atoms with E-state index in [1.54, 1.807) is 19.9 Å². The molecule has 5 heteroatoms. The van der Waals surface area contributed by atoms with E-state index in [1.165, 1.54) is 0 Å². The summed E-state index contributed by atoms with van der Waals surface area (Å²) in [6.07, 6.45) is 1.24. The molecule has 1 aromatic rings. The standard InChI is InChI=1S/C19H24O5/c1-5-22-17(20)12-9-11-7-8-13-16(19(13,3)4)15(11)14(10-12)24-18(21)23-6-2/h9-10,13,16H,5-8H2,1-4H3/t13-,16-/m0/s1. The minimum Gasteiger partial charge on any atom is -0.462 e. The van der Waals surface area contributed by atoms with Crippen molar-refractivity contribution in [3.05, 3.63) is 28.8 Å². The van der Waals surface area contributed by atoms with Gasteiger partial charge in [0.05, 0.1) is 18.8 Å². The molecule has 1 aromatic carbocycles. The molecule has 5 nitrogen and oxygen atoms in total. The number of rotatable bonds is 4. The fourth-order valence-corrected chi connectivity index (χ4v) is 4.06. The van der Waals surface area contributed by atoms with Crippen LogP contribution < -0.4 is 4.74 Å².